The second kappa shape index (κ2) is 7.98. The van der Waals surface area contributed by atoms with Crippen LogP contribution in [0.1, 0.15) is 47.6 Å². The van der Waals surface area contributed by atoms with E-state index in [1.54, 1.807) is 25.3 Å². The Kier molecular flexibility index (Phi) is 5.38. The Morgan fingerprint density at radius 1 is 1.30 bits per heavy atom. The van der Waals surface area contributed by atoms with Gasteiger partial charge in [0.05, 0.1) is 27.4 Å². The number of amides is 1. The van der Waals surface area contributed by atoms with Crippen molar-refractivity contribution in [2.45, 2.75) is 44.4 Å². The highest BCUT2D eigenvalue weighted by molar-refractivity contribution is 5.94. The molecule has 9 nitrogen and oxygen atoms in total. The number of nitrogens with zero attached hydrogens (tertiary/aromatic N) is 2. The number of aromatic nitrogens is 2. The van der Waals surface area contributed by atoms with Crippen LogP contribution in [0.3, 0.4) is 0 Å². The Balaban J connectivity index is 1.62. The highest BCUT2D eigenvalue weighted by atomic mass is 16.5. The molecule has 1 spiro atoms. The quantitative estimate of drug-likeness (QED) is 0.764. The molecule has 30 heavy (non-hydrogen) atoms. The first-order chi connectivity index (χ1) is 14.5. The number of nitrogens with one attached hydrogen (secondary N) is 1. The van der Waals surface area contributed by atoms with E-state index in [1.807, 2.05) is 0 Å². The van der Waals surface area contributed by atoms with Gasteiger partial charge in [0.1, 0.15) is 22.9 Å². The third-order valence-corrected chi connectivity index (χ3v) is 5.81. The van der Waals surface area contributed by atoms with Crippen LogP contribution in [0.5, 0.6) is 17.2 Å². The average molecular weight is 415 g/mol. The van der Waals surface area contributed by atoms with E-state index in [9.17, 15) is 14.7 Å². The molecule has 9 heteroatoms. The predicted octanol–water partition coefficient (Wildman–Crippen LogP) is 1.70. The molecule has 0 radical (unpaired) electrons. The van der Waals surface area contributed by atoms with Crippen molar-refractivity contribution in [2.24, 2.45) is 0 Å². The molecule has 0 saturated heterocycles. The first-order valence-corrected chi connectivity index (χ1v) is 9.96. The molecule has 2 N–H and O–H groups in total. The van der Waals surface area contributed by atoms with Crippen molar-refractivity contribution >= 4 is 5.91 Å². The summed E-state index contributed by atoms with van der Waals surface area (Å²) in [5, 5.41) is 13.1. The molecule has 160 valence electrons. The summed E-state index contributed by atoms with van der Waals surface area (Å²) >= 11 is 0. The second-order valence-corrected chi connectivity index (χ2v) is 7.50. The van der Waals surface area contributed by atoms with Crippen molar-refractivity contribution in [1.29, 1.82) is 0 Å². The van der Waals surface area contributed by atoms with Crippen LogP contribution in [0.25, 0.3) is 0 Å². The molecule has 1 saturated carbocycles. The molecule has 2 aliphatic rings. The Hall–Kier alpha value is -3.07. The molecule has 1 fully saturated rings. The summed E-state index contributed by atoms with van der Waals surface area (Å²) in [7, 11) is 3.08. The van der Waals surface area contributed by atoms with E-state index in [-0.39, 0.29) is 12.2 Å². The van der Waals surface area contributed by atoms with Gasteiger partial charge in [0, 0.05) is 18.2 Å². The number of benzene rings is 1. The van der Waals surface area contributed by atoms with Crippen LogP contribution in [0.4, 0.5) is 0 Å². The van der Waals surface area contributed by atoms with E-state index in [2.05, 4.69) is 10.3 Å². The smallest absolute Gasteiger partial charge is 0.296 e. The topological polar surface area (TPSA) is 112 Å². The van der Waals surface area contributed by atoms with E-state index in [0.29, 0.717) is 30.5 Å². The SMILES string of the molecule is COc1ccc(CNC(=O)c2nc3n(c(=O)c2O)CCOC32CCCC2)c(OC)c1. The summed E-state index contributed by atoms with van der Waals surface area (Å²) in [6.07, 6.45) is 3.42. The van der Waals surface area contributed by atoms with Gasteiger partial charge in [0.15, 0.2) is 5.69 Å². The van der Waals surface area contributed by atoms with Crippen LogP contribution >= 0.6 is 0 Å². The van der Waals surface area contributed by atoms with Gasteiger partial charge in [-0.1, -0.05) is 0 Å². The Morgan fingerprint density at radius 3 is 2.77 bits per heavy atom. The lowest BCUT2D eigenvalue weighted by Crippen LogP contribution is -2.44. The molecule has 2 heterocycles. The first-order valence-electron chi connectivity index (χ1n) is 9.96. The number of rotatable bonds is 5. The molecule has 2 aromatic rings. The maximum Gasteiger partial charge on any atom is 0.296 e. The molecule has 1 aromatic heterocycles. The third kappa shape index (κ3) is 3.39. The fraction of sp³-hybridized carbons (Fsp3) is 0.476. The van der Waals surface area contributed by atoms with E-state index >= 15 is 0 Å². The zero-order valence-corrected chi connectivity index (χ0v) is 17.1. The monoisotopic (exact) mass is 415 g/mol. The number of carbonyl (C=O) groups is 1. The molecule has 1 aromatic carbocycles. The third-order valence-electron chi connectivity index (χ3n) is 5.81. The van der Waals surface area contributed by atoms with Gasteiger partial charge < -0.3 is 24.6 Å². The van der Waals surface area contributed by atoms with Crippen molar-refractivity contribution < 1.29 is 24.1 Å². The minimum Gasteiger partial charge on any atom is -0.501 e. The average Bonchev–Trinajstić information content (AvgIpc) is 3.23. The van der Waals surface area contributed by atoms with Crippen LogP contribution in [0.15, 0.2) is 23.0 Å². The van der Waals surface area contributed by atoms with E-state index < -0.39 is 22.8 Å². The number of ether oxygens (including phenoxy) is 3. The Bertz CT molecular complexity index is 1030. The lowest BCUT2D eigenvalue weighted by atomic mass is 9.99. The van der Waals surface area contributed by atoms with Gasteiger partial charge in [-0.3, -0.25) is 14.2 Å². The maximum atomic E-state index is 12.8. The number of hydrogen-bond donors (Lipinski definition) is 2. The molecule has 4 rings (SSSR count). The van der Waals surface area contributed by atoms with Gasteiger partial charge in [-0.2, -0.15) is 0 Å². The number of methoxy groups -OCH3 is 2. The fourth-order valence-electron chi connectivity index (χ4n) is 4.23. The molecule has 0 bridgehead atoms. The number of carbonyl (C=O) groups excluding carboxylic acids is 1. The van der Waals surface area contributed by atoms with Crippen molar-refractivity contribution in [2.75, 3.05) is 20.8 Å². The predicted molar refractivity (Wildman–Crippen MR) is 107 cm³/mol. The zero-order chi connectivity index (χ0) is 21.3. The standard InChI is InChI=1S/C21H25N3O6/c1-28-14-6-5-13(15(11-14)29-2)12-22-18(26)16-17(25)19(27)24-9-10-30-21(20(24)23-16)7-3-4-8-21/h5-6,11,25H,3-4,7-10,12H2,1-2H3,(H,22,26). The first kappa shape index (κ1) is 20.2. The van der Waals surface area contributed by atoms with Crippen molar-refractivity contribution in [3.05, 3.63) is 45.6 Å². The summed E-state index contributed by atoms with van der Waals surface area (Å²) in [4.78, 5) is 30.0. The lowest BCUT2D eigenvalue weighted by Gasteiger charge is -2.35. The van der Waals surface area contributed by atoms with Gasteiger partial charge in [-0.05, 0) is 37.8 Å². The van der Waals surface area contributed by atoms with Crippen molar-refractivity contribution in [3.8, 4) is 17.2 Å². The maximum absolute atomic E-state index is 12.8. The van der Waals surface area contributed by atoms with Crippen LogP contribution in [-0.2, 0) is 23.4 Å². The second-order valence-electron chi connectivity index (χ2n) is 7.50. The normalized spacial score (nSPS) is 16.9. The molecule has 1 aliphatic heterocycles. The summed E-state index contributed by atoms with van der Waals surface area (Å²) in [6, 6.07) is 5.24. The summed E-state index contributed by atoms with van der Waals surface area (Å²) in [5.41, 5.74) is -0.826. The van der Waals surface area contributed by atoms with Gasteiger partial charge in [0.2, 0.25) is 5.75 Å². The largest absolute Gasteiger partial charge is 0.501 e. The summed E-state index contributed by atoms with van der Waals surface area (Å²) < 4.78 is 18.0. The van der Waals surface area contributed by atoms with Crippen molar-refractivity contribution in [3.63, 3.8) is 0 Å². The lowest BCUT2D eigenvalue weighted by molar-refractivity contribution is -0.0789. The number of aromatic hydroxyl groups is 1. The highest BCUT2D eigenvalue weighted by Gasteiger charge is 2.44. The van der Waals surface area contributed by atoms with Crippen LogP contribution in [-0.4, -0.2) is 41.4 Å². The summed E-state index contributed by atoms with van der Waals surface area (Å²) in [6.45, 7) is 0.825. The van der Waals surface area contributed by atoms with Gasteiger partial charge >= 0.3 is 0 Å². The van der Waals surface area contributed by atoms with E-state index in [4.69, 9.17) is 14.2 Å². The number of hydrogen-bond acceptors (Lipinski definition) is 7. The van der Waals surface area contributed by atoms with Gasteiger partial charge in [0.25, 0.3) is 11.5 Å². The van der Waals surface area contributed by atoms with Gasteiger partial charge in [-0.25, -0.2) is 4.98 Å². The van der Waals surface area contributed by atoms with E-state index in [1.165, 1.54) is 11.7 Å². The number of fused-ring (bicyclic) bond motifs is 2. The minimum absolute atomic E-state index is 0.132. The molecule has 1 amide bonds. The highest BCUT2D eigenvalue weighted by Crippen LogP contribution is 2.43. The van der Waals surface area contributed by atoms with E-state index in [0.717, 1.165) is 31.2 Å². The zero-order valence-electron chi connectivity index (χ0n) is 17.1. The molecule has 1 aliphatic carbocycles. The summed E-state index contributed by atoms with van der Waals surface area (Å²) in [5.74, 6) is 0.334. The molecule has 0 unspecified atom stereocenters. The van der Waals surface area contributed by atoms with Gasteiger partial charge in [-0.15, -0.1) is 0 Å². The van der Waals surface area contributed by atoms with Crippen LogP contribution in [0.2, 0.25) is 0 Å². The van der Waals surface area contributed by atoms with Crippen LogP contribution < -0.4 is 20.3 Å². The molecule has 0 atom stereocenters. The molecular formula is C21H25N3O6. The Labute approximate surface area is 173 Å². The van der Waals surface area contributed by atoms with Crippen LogP contribution in [0, 0.1) is 0 Å². The minimum atomic E-state index is -0.653. The van der Waals surface area contributed by atoms with Crippen molar-refractivity contribution in [1.82, 2.24) is 14.9 Å². The molecular weight excluding hydrogens is 390 g/mol. The fourth-order valence-corrected chi connectivity index (χ4v) is 4.23. The Morgan fingerprint density at radius 2 is 2.07 bits per heavy atom.